The fourth-order valence-electron chi connectivity index (χ4n) is 2.20. The van der Waals surface area contributed by atoms with Crippen LogP contribution >= 0.6 is 0 Å². The van der Waals surface area contributed by atoms with Crippen molar-refractivity contribution in [2.75, 3.05) is 6.61 Å². The summed E-state index contributed by atoms with van der Waals surface area (Å²) in [4.78, 5) is 10.9. The quantitative estimate of drug-likeness (QED) is 0.557. The van der Waals surface area contributed by atoms with Gasteiger partial charge >= 0.3 is 5.97 Å². The standard InChI is InChI=1S/C11H18O4/c1-2-11(13)14-6-8(12)7-3-4-9-10(5-7)15-9/h7-10,12H,2-6H2,1H3. The molecule has 1 heterocycles. The molecule has 4 heteroatoms. The fourth-order valence-corrected chi connectivity index (χ4v) is 2.20. The maximum atomic E-state index is 10.9. The highest BCUT2D eigenvalue weighted by molar-refractivity contribution is 5.68. The zero-order valence-electron chi connectivity index (χ0n) is 9.02. The van der Waals surface area contributed by atoms with Gasteiger partial charge in [-0.25, -0.2) is 0 Å². The number of carbonyl (C=O) groups excluding carboxylic acids is 1. The first-order valence-corrected chi connectivity index (χ1v) is 5.70. The van der Waals surface area contributed by atoms with E-state index in [1.165, 1.54) is 0 Å². The molecule has 1 saturated heterocycles. The van der Waals surface area contributed by atoms with E-state index in [0.29, 0.717) is 18.6 Å². The number of fused-ring (bicyclic) bond motifs is 1. The fraction of sp³-hybridized carbons (Fsp3) is 0.909. The summed E-state index contributed by atoms with van der Waals surface area (Å²) in [5.74, 6) is -0.0104. The molecule has 4 unspecified atom stereocenters. The van der Waals surface area contributed by atoms with Crippen LogP contribution in [0.3, 0.4) is 0 Å². The van der Waals surface area contributed by atoms with Crippen LogP contribution in [0.15, 0.2) is 0 Å². The number of hydrogen-bond acceptors (Lipinski definition) is 4. The number of aliphatic hydroxyl groups is 1. The van der Waals surface area contributed by atoms with Gasteiger partial charge in [-0.15, -0.1) is 0 Å². The normalized spacial score (nSPS) is 35.5. The smallest absolute Gasteiger partial charge is 0.305 e. The zero-order valence-corrected chi connectivity index (χ0v) is 9.02. The lowest BCUT2D eigenvalue weighted by Gasteiger charge is -2.24. The van der Waals surface area contributed by atoms with E-state index in [1.54, 1.807) is 6.92 Å². The largest absolute Gasteiger partial charge is 0.463 e. The van der Waals surface area contributed by atoms with E-state index in [9.17, 15) is 9.90 Å². The molecular weight excluding hydrogens is 196 g/mol. The molecule has 0 spiro atoms. The topological polar surface area (TPSA) is 59.1 Å². The molecule has 0 aromatic rings. The van der Waals surface area contributed by atoms with Crippen molar-refractivity contribution in [1.29, 1.82) is 0 Å². The first-order valence-electron chi connectivity index (χ1n) is 5.70. The molecule has 2 aliphatic rings. The van der Waals surface area contributed by atoms with Gasteiger partial charge in [0, 0.05) is 6.42 Å². The second kappa shape index (κ2) is 4.49. The van der Waals surface area contributed by atoms with E-state index >= 15 is 0 Å². The highest BCUT2D eigenvalue weighted by atomic mass is 16.6. The zero-order chi connectivity index (χ0) is 10.8. The predicted octanol–water partition coefficient (Wildman–Crippen LogP) is 0.868. The summed E-state index contributed by atoms with van der Waals surface area (Å²) in [7, 11) is 0. The summed E-state index contributed by atoms with van der Waals surface area (Å²) < 4.78 is 10.3. The molecule has 4 nitrogen and oxygen atoms in total. The Morgan fingerprint density at radius 3 is 3.00 bits per heavy atom. The minimum atomic E-state index is -0.523. The van der Waals surface area contributed by atoms with Crippen LogP contribution in [0.5, 0.6) is 0 Å². The first kappa shape index (κ1) is 10.9. The highest BCUT2D eigenvalue weighted by Crippen LogP contribution is 2.40. The Labute approximate surface area is 89.6 Å². The van der Waals surface area contributed by atoms with Gasteiger partial charge in [-0.3, -0.25) is 4.79 Å². The molecule has 1 saturated carbocycles. The van der Waals surface area contributed by atoms with Crippen molar-refractivity contribution in [3.8, 4) is 0 Å². The van der Waals surface area contributed by atoms with E-state index in [-0.39, 0.29) is 18.5 Å². The molecule has 1 aliphatic carbocycles. The summed E-state index contributed by atoms with van der Waals surface area (Å²) in [6.45, 7) is 1.88. The molecule has 0 amide bonds. The average molecular weight is 214 g/mol. The van der Waals surface area contributed by atoms with Crippen LogP contribution in [0.4, 0.5) is 0 Å². The van der Waals surface area contributed by atoms with Gasteiger partial charge in [0.05, 0.1) is 18.3 Å². The maximum absolute atomic E-state index is 10.9. The summed E-state index contributed by atoms with van der Waals surface area (Å²) in [5, 5.41) is 9.82. The molecule has 0 radical (unpaired) electrons. The molecule has 0 aromatic carbocycles. The van der Waals surface area contributed by atoms with Crippen molar-refractivity contribution in [3.05, 3.63) is 0 Å². The summed E-state index contributed by atoms with van der Waals surface area (Å²) in [5.41, 5.74) is 0. The van der Waals surface area contributed by atoms with Crippen LogP contribution in [0.25, 0.3) is 0 Å². The number of aliphatic hydroxyl groups excluding tert-OH is 1. The van der Waals surface area contributed by atoms with Gasteiger partial charge < -0.3 is 14.6 Å². The van der Waals surface area contributed by atoms with Crippen LogP contribution in [0, 0.1) is 5.92 Å². The van der Waals surface area contributed by atoms with Crippen LogP contribution < -0.4 is 0 Å². The average Bonchev–Trinajstić information content (AvgIpc) is 3.02. The number of rotatable bonds is 4. The van der Waals surface area contributed by atoms with Gasteiger partial charge in [0.25, 0.3) is 0 Å². The molecule has 86 valence electrons. The van der Waals surface area contributed by atoms with Crippen molar-refractivity contribution in [2.24, 2.45) is 5.92 Å². The summed E-state index contributed by atoms with van der Waals surface area (Å²) >= 11 is 0. The second-order valence-corrected chi connectivity index (χ2v) is 4.39. The van der Waals surface area contributed by atoms with E-state index in [1.807, 2.05) is 0 Å². The van der Waals surface area contributed by atoms with E-state index in [4.69, 9.17) is 9.47 Å². The van der Waals surface area contributed by atoms with E-state index in [0.717, 1.165) is 19.3 Å². The first-order chi connectivity index (χ1) is 7.20. The Bertz CT molecular complexity index is 241. The molecule has 4 atom stereocenters. The van der Waals surface area contributed by atoms with Crippen LogP contribution in [0.1, 0.15) is 32.6 Å². The van der Waals surface area contributed by atoms with Crippen molar-refractivity contribution in [3.63, 3.8) is 0 Å². The summed E-state index contributed by atoms with van der Waals surface area (Å²) in [6, 6.07) is 0. The maximum Gasteiger partial charge on any atom is 0.305 e. The molecule has 15 heavy (non-hydrogen) atoms. The van der Waals surface area contributed by atoms with Gasteiger partial charge in [-0.05, 0) is 25.2 Å². The van der Waals surface area contributed by atoms with Crippen molar-refractivity contribution >= 4 is 5.97 Å². The molecule has 2 fully saturated rings. The van der Waals surface area contributed by atoms with Crippen LogP contribution in [0.2, 0.25) is 0 Å². The lowest BCUT2D eigenvalue weighted by Crippen LogP contribution is -2.30. The van der Waals surface area contributed by atoms with Crippen molar-refractivity contribution in [2.45, 2.75) is 50.9 Å². The van der Waals surface area contributed by atoms with Gasteiger partial charge in [0.2, 0.25) is 0 Å². The minimum absolute atomic E-state index is 0.134. The van der Waals surface area contributed by atoms with Crippen LogP contribution in [-0.2, 0) is 14.3 Å². The molecular formula is C11H18O4. The van der Waals surface area contributed by atoms with Crippen molar-refractivity contribution in [1.82, 2.24) is 0 Å². The number of hydrogen-bond donors (Lipinski definition) is 1. The van der Waals surface area contributed by atoms with Gasteiger partial charge in [-0.1, -0.05) is 6.92 Å². The number of ether oxygens (including phenoxy) is 2. The third-order valence-corrected chi connectivity index (χ3v) is 3.29. The monoisotopic (exact) mass is 214 g/mol. The molecule has 0 aromatic heterocycles. The lowest BCUT2D eigenvalue weighted by molar-refractivity contribution is -0.147. The Morgan fingerprint density at radius 1 is 1.53 bits per heavy atom. The molecule has 0 bridgehead atoms. The number of carbonyl (C=O) groups is 1. The highest BCUT2D eigenvalue weighted by Gasteiger charge is 2.45. The van der Waals surface area contributed by atoms with Gasteiger partial charge in [0.1, 0.15) is 6.61 Å². The Hall–Kier alpha value is -0.610. The Balaban J connectivity index is 1.70. The minimum Gasteiger partial charge on any atom is -0.463 e. The Kier molecular flexibility index (Phi) is 3.26. The third kappa shape index (κ3) is 2.69. The molecule has 1 aliphatic heterocycles. The van der Waals surface area contributed by atoms with E-state index < -0.39 is 6.10 Å². The molecule has 2 rings (SSSR count). The van der Waals surface area contributed by atoms with Gasteiger partial charge in [-0.2, -0.15) is 0 Å². The second-order valence-electron chi connectivity index (χ2n) is 4.39. The number of esters is 1. The van der Waals surface area contributed by atoms with E-state index in [2.05, 4.69) is 0 Å². The predicted molar refractivity (Wildman–Crippen MR) is 53.3 cm³/mol. The SMILES string of the molecule is CCC(=O)OCC(O)C1CCC2OC2C1. The Morgan fingerprint density at radius 2 is 2.33 bits per heavy atom. The van der Waals surface area contributed by atoms with Crippen molar-refractivity contribution < 1.29 is 19.4 Å². The third-order valence-electron chi connectivity index (χ3n) is 3.29. The lowest BCUT2D eigenvalue weighted by atomic mass is 9.85. The number of epoxide rings is 1. The molecule has 1 N–H and O–H groups in total. The van der Waals surface area contributed by atoms with Gasteiger partial charge in [0.15, 0.2) is 0 Å². The summed E-state index contributed by atoms with van der Waals surface area (Å²) in [6.07, 6.45) is 3.58. The van der Waals surface area contributed by atoms with Crippen LogP contribution in [-0.4, -0.2) is 36.0 Å².